The molecule has 0 radical (unpaired) electrons. The summed E-state index contributed by atoms with van der Waals surface area (Å²) < 4.78 is 4.70. The maximum Gasteiger partial charge on any atom is 0.313 e. The first-order valence-corrected chi connectivity index (χ1v) is 8.81. The molecule has 0 atom stereocenters. The lowest BCUT2D eigenvalue weighted by Gasteiger charge is -2.06. The first-order valence-electron chi connectivity index (χ1n) is 8.06. The molecular formula is C19H16Cl2N2O4. The number of Topliss-reactive ketones (excluding diaryl/α,β-unsaturated/α-hetero) is 1. The minimum atomic E-state index is -0.612. The molecule has 0 saturated heterocycles. The van der Waals surface area contributed by atoms with E-state index in [1.54, 1.807) is 37.3 Å². The van der Waals surface area contributed by atoms with Gasteiger partial charge in [-0.1, -0.05) is 35.3 Å². The van der Waals surface area contributed by atoms with Gasteiger partial charge in [0.05, 0.1) is 22.9 Å². The Kier molecular flexibility index (Phi) is 7.64. The molecule has 0 N–H and O–H groups in total. The summed E-state index contributed by atoms with van der Waals surface area (Å²) in [6.45, 7) is 1.55. The van der Waals surface area contributed by atoms with E-state index in [9.17, 15) is 14.4 Å². The molecule has 27 heavy (non-hydrogen) atoms. The summed E-state index contributed by atoms with van der Waals surface area (Å²) >= 11 is 12.1. The predicted molar refractivity (Wildman–Crippen MR) is 102 cm³/mol. The monoisotopic (exact) mass is 406 g/mol. The molecule has 0 aliphatic rings. The number of azo groups is 1. The van der Waals surface area contributed by atoms with Crippen LogP contribution in [0.1, 0.15) is 29.3 Å². The van der Waals surface area contributed by atoms with Crippen molar-refractivity contribution in [3.05, 3.63) is 63.6 Å². The van der Waals surface area contributed by atoms with Crippen LogP contribution in [0, 0.1) is 0 Å². The number of esters is 1. The van der Waals surface area contributed by atoms with Crippen LogP contribution in [-0.2, 0) is 14.3 Å². The molecule has 0 bridgehead atoms. The second-order valence-electron chi connectivity index (χ2n) is 5.39. The van der Waals surface area contributed by atoms with Crippen molar-refractivity contribution in [1.29, 1.82) is 0 Å². The van der Waals surface area contributed by atoms with E-state index in [0.29, 0.717) is 15.6 Å². The van der Waals surface area contributed by atoms with Gasteiger partial charge in [-0.25, -0.2) is 0 Å². The Morgan fingerprint density at radius 1 is 1.04 bits per heavy atom. The molecule has 2 aromatic carbocycles. The van der Waals surface area contributed by atoms with Gasteiger partial charge in [-0.3, -0.25) is 14.4 Å². The Bertz CT molecular complexity index is 897. The zero-order valence-electron chi connectivity index (χ0n) is 14.4. The van der Waals surface area contributed by atoms with Gasteiger partial charge in [-0.15, -0.1) is 0 Å². The number of carbonyl (C=O) groups is 3. The van der Waals surface area contributed by atoms with Crippen LogP contribution in [0.4, 0.5) is 5.69 Å². The highest BCUT2D eigenvalue weighted by Gasteiger charge is 2.17. The fourth-order valence-corrected chi connectivity index (χ4v) is 2.58. The van der Waals surface area contributed by atoms with Gasteiger partial charge in [0, 0.05) is 10.6 Å². The third kappa shape index (κ3) is 5.98. The lowest BCUT2D eigenvalue weighted by molar-refractivity contribution is -0.145. The van der Waals surface area contributed by atoms with Crippen molar-refractivity contribution >= 4 is 46.4 Å². The Morgan fingerprint density at radius 3 is 2.48 bits per heavy atom. The average Bonchev–Trinajstić information content (AvgIpc) is 2.63. The SMILES string of the molecule is CCOC(=O)CC(=O)CN=Nc1ccc(Cl)cc1C(=O)c1ccccc1Cl. The minimum absolute atomic E-state index is 0.200. The quantitative estimate of drug-likeness (QED) is 0.272. The van der Waals surface area contributed by atoms with Crippen LogP contribution in [0.5, 0.6) is 0 Å². The van der Waals surface area contributed by atoms with Crippen LogP contribution in [0.3, 0.4) is 0 Å². The zero-order chi connectivity index (χ0) is 19.8. The molecule has 0 unspecified atom stereocenters. The highest BCUT2D eigenvalue weighted by molar-refractivity contribution is 6.35. The number of hydrogen-bond donors (Lipinski definition) is 0. The molecule has 0 fully saturated rings. The van der Waals surface area contributed by atoms with E-state index < -0.39 is 11.8 Å². The Balaban J connectivity index is 2.19. The van der Waals surface area contributed by atoms with E-state index in [-0.39, 0.29) is 36.6 Å². The largest absolute Gasteiger partial charge is 0.466 e. The van der Waals surface area contributed by atoms with Crippen molar-refractivity contribution in [1.82, 2.24) is 0 Å². The number of ether oxygens (including phenoxy) is 1. The molecule has 2 aromatic rings. The van der Waals surface area contributed by atoms with Gasteiger partial charge in [-0.05, 0) is 37.3 Å². The standard InChI is InChI=1S/C19H16Cl2N2O4/c1-2-27-18(25)10-13(24)11-22-23-17-8-7-12(20)9-15(17)19(26)14-5-3-4-6-16(14)21/h3-9H,2,10-11H2,1H3. The van der Waals surface area contributed by atoms with Crippen molar-refractivity contribution in [3.8, 4) is 0 Å². The number of halogens is 2. The predicted octanol–water partition coefficient (Wildman–Crippen LogP) is 4.83. The molecule has 0 aliphatic heterocycles. The van der Waals surface area contributed by atoms with E-state index >= 15 is 0 Å². The summed E-state index contributed by atoms with van der Waals surface area (Å²) in [5.41, 5.74) is 0.752. The molecule has 6 nitrogen and oxygen atoms in total. The van der Waals surface area contributed by atoms with Crippen LogP contribution in [0.2, 0.25) is 10.0 Å². The first-order chi connectivity index (χ1) is 12.9. The van der Waals surface area contributed by atoms with E-state index in [1.165, 1.54) is 12.1 Å². The summed E-state index contributed by atoms with van der Waals surface area (Å²) in [6.07, 6.45) is -0.376. The number of hydrogen-bond acceptors (Lipinski definition) is 6. The Labute approximate surface area is 166 Å². The summed E-state index contributed by atoms with van der Waals surface area (Å²) in [4.78, 5) is 35.7. The molecular weight excluding hydrogens is 391 g/mol. The highest BCUT2D eigenvalue weighted by Crippen LogP contribution is 2.28. The van der Waals surface area contributed by atoms with Crippen molar-refractivity contribution in [3.63, 3.8) is 0 Å². The molecule has 0 spiro atoms. The minimum Gasteiger partial charge on any atom is -0.466 e. The molecule has 0 amide bonds. The lowest BCUT2D eigenvalue weighted by Crippen LogP contribution is -2.12. The molecule has 0 heterocycles. The number of carbonyl (C=O) groups excluding carboxylic acids is 3. The molecule has 8 heteroatoms. The topological polar surface area (TPSA) is 85.2 Å². The molecule has 140 valence electrons. The lowest BCUT2D eigenvalue weighted by atomic mass is 10.0. The van der Waals surface area contributed by atoms with Gasteiger partial charge in [-0.2, -0.15) is 10.2 Å². The number of rotatable bonds is 8. The smallest absolute Gasteiger partial charge is 0.313 e. The van der Waals surface area contributed by atoms with Gasteiger partial charge < -0.3 is 4.74 Å². The van der Waals surface area contributed by atoms with E-state index in [1.807, 2.05) is 0 Å². The van der Waals surface area contributed by atoms with Crippen LogP contribution in [0.25, 0.3) is 0 Å². The van der Waals surface area contributed by atoms with Gasteiger partial charge in [0.15, 0.2) is 11.6 Å². The van der Waals surface area contributed by atoms with Gasteiger partial charge >= 0.3 is 5.97 Å². The maximum absolute atomic E-state index is 12.8. The highest BCUT2D eigenvalue weighted by atomic mass is 35.5. The average molecular weight is 407 g/mol. The van der Waals surface area contributed by atoms with Crippen molar-refractivity contribution in [2.75, 3.05) is 13.2 Å². The van der Waals surface area contributed by atoms with E-state index in [0.717, 1.165) is 0 Å². The summed E-state index contributed by atoms with van der Waals surface area (Å²) in [6, 6.07) is 11.1. The molecule has 0 aliphatic carbocycles. The third-order valence-electron chi connectivity index (χ3n) is 3.39. The van der Waals surface area contributed by atoms with Gasteiger partial charge in [0.25, 0.3) is 0 Å². The van der Waals surface area contributed by atoms with Gasteiger partial charge in [0.2, 0.25) is 0 Å². The Hall–Kier alpha value is -2.57. The summed E-state index contributed by atoms with van der Waals surface area (Å²) in [5, 5.41) is 8.38. The zero-order valence-corrected chi connectivity index (χ0v) is 16.0. The number of benzene rings is 2. The van der Waals surface area contributed by atoms with Crippen LogP contribution < -0.4 is 0 Å². The van der Waals surface area contributed by atoms with E-state index in [4.69, 9.17) is 27.9 Å². The maximum atomic E-state index is 12.8. The van der Waals surface area contributed by atoms with Crippen molar-refractivity contribution in [2.45, 2.75) is 13.3 Å². The molecule has 2 rings (SSSR count). The Morgan fingerprint density at radius 2 is 1.78 bits per heavy atom. The van der Waals surface area contributed by atoms with Crippen molar-refractivity contribution < 1.29 is 19.1 Å². The summed E-state index contributed by atoms with van der Waals surface area (Å²) in [5.74, 6) is -1.42. The van der Waals surface area contributed by atoms with Crippen LogP contribution in [-0.4, -0.2) is 30.7 Å². The third-order valence-corrected chi connectivity index (χ3v) is 3.96. The fraction of sp³-hybridized carbons (Fsp3) is 0.211. The van der Waals surface area contributed by atoms with Crippen LogP contribution in [0.15, 0.2) is 52.7 Å². The number of ketones is 2. The summed E-state index contributed by atoms with van der Waals surface area (Å²) in [7, 11) is 0. The van der Waals surface area contributed by atoms with Crippen LogP contribution >= 0.6 is 23.2 Å². The second-order valence-corrected chi connectivity index (χ2v) is 6.23. The van der Waals surface area contributed by atoms with Gasteiger partial charge in [0.1, 0.15) is 13.0 Å². The second kappa shape index (κ2) is 9.94. The van der Waals surface area contributed by atoms with E-state index in [2.05, 4.69) is 10.2 Å². The molecule has 0 aromatic heterocycles. The number of nitrogens with zero attached hydrogens (tertiary/aromatic N) is 2. The molecule has 0 saturated carbocycles. The fourth-order valence-electron chi connectivity index (χ4n) is 2.19. The normalized spacial score (nSPS) is 10.8. The van der Waals surface area contributed by atoms with Crippen molar-refractivity contribution in [2.24, 2.45) is 10.2 Å². The first kappa shape index (κ1) is 20.7.